The highest BCUT2D eigenvalue weighted by Crippen LogP contribution is 2.34. The summed E-state index contributed by atoms with van der Waals surface area (Å²) in [6.45, 7) is 1.96. The first-order valence-electron chi connectivity index (χ1n) is 12.3. The number of hydrogen-bond acceptors (Lipinski definition) is 7. The van der Waals surface area contributed by atoms with Crippen LogP contribution in [0.15, 0.2) is 65.9 Å². The van der Waals surface area contributed by atoms with Crippen LogP contribution in [0.2, 0.25) is 10.0 Å². The zero-order chi connectivity index (χ0) is 27.7. The van der Waals surface area contributed by atoms with Gasteiger partial charge in [0, 0.05) is 35.8 Å². The molecule has 12 heteroatoms. The molecule has 2 atom stereocenters. The van der Waals surface area contributed by atoms with Gasteiger partial charge >= 0.3 is 0 Å². The van der Waals surface area contributed by atoms with Crippen molar-refractivity contribution in [3.63, 3.8) is 0 Å². The molecule has 2 unspecified atom stereocenters. The van der Waals surface area contributed by atoms with E-state index >= 15 is 0 Å². The second kappa shape index (κ2) is 11.0. The molecule has 3 aromatic rings. The first kappa shape index (κ1) is 26.6. The fraction of sp³-hybridized carbons (Fsp3) is 0.259. The van der Waals surface area contributed by atoms with E-state index in [4.69, 9.17) is 23.2 Å². The van der Waals surface area contributed by atoms with Crippen LogP contribution in [0.3, 0.4) is 0 Å². The van der Waals surface area contributed by atoms with Gasteiger partial charge in [-0.05, 0) is 73.7 Å². The van der Waals surface area contributed by atoms with Gasteiger partial charge in [0.2, 0.25) is 5.91 Å². The summed E-state index contributed by atoms with van der Waals surface area (Å²) >= 11 is 12.6. The van der Waals surface area contributed by atoms with Crippen LogP contribution in [0, 0.1) is 16.0 Å². The Balaban J connectivity index is 1.43. The summed E-state index contributed by atoms with van der Waals surface area (Å²) in [5, 5.41) is 23.6. The number of rotatable bonds is 8. The molecule has 1 fully saturated rings. The van der Waals surface area contributed by atoms with Crippen LogP contribution < -0.4 is 15.6 Å². The summed E-state index contributed by atoms with van der Waals surface area (Å²) < 4.78 is 0. The molecular formula is C27H24Cl2N6O4. The van der Waals surface area contributed by atoms with E-state index in [1.807, 2.05) is 6.92 Å². The van der Waals surface area contributed by atoms with E-state index < -0.39 is 16.9 Å². The van der Waals surface area contributed by atoms with Gasteiger partial charge in [0.15, 0.2) is 5.82 Å². The zero-order valence-electron chi connectivity index (χ0n) is 20.8. The van der Waals surface area contributed by atoms with Crippen LogP contribution in [0.5, 0.6) is 0 Å². The van der Waals surface area contributed by atoms with Gasteiger partial charge in [0.1, 0.15) is 6.04 Å². The van der Waals surface area contributed by atoms with Crippen molar-refractivity contribution in [2.45, 2.75) is 38.3 Å². The van der Waals surface area contributed by atoms with Gasteiger partial charge in [0.05, 0.1) is 26.9 Å². The number of halogens is 2. The highest BCUT2D eigenvalue weighted by Gasteiger charge is 2.37. The van der Waals surface area contributed by atoms with Crippen LogP contribution >= 0.6 is 23.2 Å². The number of carbonyl (C=O) groups excluding carboxylic acids is 2. The summed E-state index contributed by atoms with van der Waals surface area (Å²) in [6, 6.07) is 13.1. The van der Waals surface area contributed by atoms with E-state index in [0.29, 0.717) is 32.9 Å². The topological polar surface area (TPSA) is 130 Å². The van der Waals surface area contributed by atoms with Crippen LogP contribution in [0.25, 0.3) is 0 Å². The summed E-state index contributed by atoms with van der Waals surface area (Å²) in [5.74, 6) is -0.0324. The maximum Gasteiger partial charge on any atom is 0.269 e. The molecule has 1 aliphatic heterocycles. The third kappa shape index (κ3) is 5.86. The third-order valence-corrected chi connectivity index (χ3v) is 7.28. The van der Waals surface area contributed by atoms with Crippen LogP contribution in [0.4, 0.5) is 17.2 Å². The third-order valence-electron chi connectivity index (χ3n) is 6.75. The number of aromatic nitrogens is 1. The Morgan fingerprint density at radius 3 is 2.54 bits per heavy atom. The Morgan fingerprint density at radius 1 is 1.13 bits per heavy atom. The van der Waals surface area contributed by atoms with Crippen molar-refractivity contribution in [1.29, 1.82) is 0 Å². The molecule has 2 N–H and O–H groups in total. The number of carbonyl (C=O) groups is 2. The number of nitro benzene ring substituents is 1. The number of nitrogens with zero attached hydrogens (tertiary/aromatic N) is 4. The van der Waals surface area contributed by atoms with Gasteiger partial charge in [-0.15, -0.1) is 0 Å². The minimum absolute atomic E-state index is 0.00862. The highest BCUT2D eigenvalue weighted by atomic mass is 35.5. The van der Waals surface area contributed by atoms with E-state index in [1.165, 1.54) is 29.4 Å². The number of hydrazone groups is 1. The van der Waals surface area contributed by atoms with Crippen molar-refractivity contribution >= 4 is 57.9 Å². The summed E-state index contributed by atoms with van der Waals surface area (Å²) in [5.41, 5.74) is 1.65. The Labute approximate surface area is 234 Å². The second-order valence-electron chi connectivity index (χ2n) is 9.50. The number of non-ortho nitro benzene ring substituents is 1. The van der Waals surface area contributed by atoms with E-state index in [9.17, 15) is 19.7 Å². The first-order chi connectivity index (χ1) is 18.7. The summed E-state index contributed by atoms with van der Waals surface area (Å²) in [7, 11) is 0. The lowest BCUT2D eigenvalue weighted by molar-refractivity contribution is -0.384. The number of nitro groups is 1. The number of nitrogens with one attached hydrogen (secondary N) is 2. The molecule has 1 saturated carbocycles. The Hall–Kier alpha value is -4.02. The molecule has 2 amide bonds. The van der Waals surface area contributed by atoms with Gasteiger partial charge in [-0.1, -0.05) is 23.2 Å². The van der Waals surface area contributed by atoms with E-state index in [2.05, 4.69) is 20.7 Å². The molecule has 1 aliphatic carbocycles. The minimum atomic E-state index is -0.862. The van der Waals surface area contributed by atoms with Gasteiger partial charge in [-0.25, -0.2) is 9.99 Å². The van der Waals surface area contributed by atoms with Gasteiger partial charge in [-0.2, -0.15) is 5.10 Å². The molecule has 0 saturated heterocycles. The molecule has 200 valence electrons. The second-order valence-corrected chi connectivity index (χ2v) is 10.3. The average Bonchev–Trinajstić information content (AvgIpc) is 3.68. The number of pyridine rings is 1. The monoisotopic (exact) mass is 566 g/mol. The molecule has 0 bridgehead atoms. The first-order valence-corrected chi connectivity index (χ1v) is 13.1. The Kier molecular flexibility index (Phi) is 7.49. The number of benzene rings is 2. The molecule has 1 aromatic heterocycles. The number of anilines is 2. The van der Waals surface area contributed by atoms with Crippen LogP contribution in [0.1, 0.15) is 42.1 Å². The maximum atomic E-state index is 13.7. The number of hydrogen-bond donors (Lipinski definition) is 2. The standard InChI is InChI=1S/C27H24Cl2N6O4/c1-15(16-4-5-16)31-26(36)20-13-18(28)8-11-22(20)32-27(37)24-14-23(17-6-9-19(10-7-17)35(38)39)33-34(24)25-21(29)3-2-12-30-25/h2-3,6-13,15-16,24H,4-5,14H2,1H3,(H,31,36)(H,32,37). The van der Waals surface area contributed by atoms with Crippen molar-refractivity contribution in [2.75, 3.05) is 10.3 Å². The fourth-order valence-electron chi connectivity index (χ4n) is 4.43. The summed E-state index contributed by atoms with van der Waals surface area (Å²) in [6.07, 6.45) is 3.86. The Morgan fingerprint density at radius 2 is 1.87 bits per heavy atom. The molecule has 10 nitrogen and oxygen atoms in total. The molecule has 0 radical (unpaired) electrons. The lowest BCUT2D eigenvalue weighted by atomic mass is 10.0. The van der Waals surface area contributed by atoms with E-state index in [-0.39, 0.29) is 35.4 Å². The summed E-state index contributed by atoms with van der Waals surface area (Å²) in [4.78, 5) is 41.7. The molecule has 2 aliphatic rings. The SMILES string of the molecule is CC(NC(=O)c1cc(Cl)ccc1NC(=O)C1CC(c2ccc([N+](=O)[O-])cc2)=NN1c1ncccc1Cl)C1CC1. The maximum absolute atomic E-state index is 13.7. The van der Waals surface area contributed by atoms with Crippen molar-refractivity contribution in [3.8, 4) is 0 Å². The van der Waals surface area contributed by atoms with Crippen molar-refractivity contribution in [1.82, 2.24) is 10.3 Å². The quantitative estimate of drug-likeness (QED) is 0.275. The molecule has 39 heavy (non-hydrogen) atoms. The Bertz CT molecular complexity index is 1480. The fourth-order valence-corrected chi connectivity index (χ4v) is 4.81. The van der Waals surface area contributed by atoms with Crippen molar-refractivity contribution in [3.05, 3.63) is 92.1 Å². The molecule has 2 heterocycles. The number of amides is 2. The smallest absolute Gasteiger partial charge is 0.269 e. The van der Waals surface area contributed by atoms with E-state index in [1.54, 1.807) is 36.4 Å². The lowest BCUT2D eigenvalue weighted by Gasteiger charge is -2.23. The predicted octanol–water partition coefficient (Wildman–Crippen LogP) is 5.45. The molecule has 2 aromatic carbocycles. The molecule has 0 spiro atoms. The van der Waals surface area contributed by atoms with Gasteiger partial charge in [-0.3, -0.25) is 19.7 Å². The van der Waals surface area contributed by atoms with Crippen LogP contribution in [-0.2, 0) is 4.79 Å². The minimum Gasteiger partial charge on any atom is -0.349 e. The van der Waals surface area contributed by atoms with Crippen molar-refractivity contribution in [2.24, 2.45) is 11.0 Å². The van der Waals surface area contributed by atoms with Gasteiger partial charge in [0.25, 0.3) is 11.6 Å². The highest BCUT2D eigenvalue weighted by molar-refractivity contribution is 6.33. The molecular weight excluding hydrogens is 543 g/mol. The normalized spacial score (nSPS) is 17.4. The van der Waals surface area contributed by atoms with Crippen molar-refractivity contribution < 1.29 is 14.5 Å². The average molecular weight is 567 g/mol. The predicted molar refractivity (Wildman–Crippen MR) is 149 cm³/mol. The van der Waals surface area contributed by atoms with E-state index in [0.717, 1.165) is 12.8 Å². The zero-order valence-corrected chi connectivity index (χ0v) is 22.3. The lowest BCUT2D eigenvalue weighted by Crippen LogP contribution is -2.40. The molecule has 5 rings (SSSR count). The van der Waals surface area contributed by atoms with Crippen LogP contribution in [-0.4, -0.2) is 39.5 Å². The van der Waals surface area contributed by atoms with Gasteiger partial charge < -0.3 is 10.6 Å². The largest absolute Gasteiger partial charge is 0.349 e.